The van der Waals surface area contributed by atoms with Crippen molar-refractivity contribution >= 4 is 27.7 Å². The Morgan fingerprint density at radius 1 is 1.47 bits per heavy atom. The lowest BCUT2D eigenvalue weighted by atomic mass is 10.2. The molecule has 6 heteroatoms. The number of carbonyl (C=O) groups excluding carboxylic acids is 1. The van der Waals surface area contributed by atoms with Gasteiger partial charge in [0.2, 0.25) is 0 Å². The molecule has 2 heterocycles. The first-order valence-electron chi connectivity index (χ1n) is 5.95. The van der Waals surface area contributed by atoms with E-state index < -0.39 is 11.7 Å². The number of amides is 1. The molecule has 0 atom stereocenters. The first-order chi connectivity index (χ1) is 8.88. The summed E-state index contributed by atoms with van der Waals surface area (Å²) in [4.78, 5) is 13.7. The summed E-state index contributed by atoms with van der Waals surface area (Å²) in [5.74, 6) is 0.553. The molecule has 0 N–H and O–H groups in total. The van der Waals surface area contributed by atoms with E-state index in [1.807, 2.05) is 20.8 Å². The minimum absolute atomic E-state index is 0.407. The first kappa shape index (κ1) is 14.0. The molecule has 0 fully saturated rings. The maximum atomic E-state index is 12.2. The van der Waals surface area contributed by atoms with Crippen LogP contribution in [0.2, 0.25) is 0 Å². The van der Waals surface area contributed by atoms with Gasteiger partial charge in [-0.25, -0.2) is 4.79 Å². The van der Waals surface area contributed by atoms with Crippen molar-refractivity contribution in [2.75, 3.05) is 13.2 Å². The second-order valence-electron chi connectivity index (χ2n) is 5.08. The molecule has 0 spiro atoms. The summed E-state index contributed by atoms with van der Waals surface area (Å²) in [6.07, 6.45) is 1.13. The molecule has 5 nitrogen and oxygen atoms in total. The lowest BCUT2D eigenvalue weighted by Gasteiger charge is -2.31. The third-order valence-corrected chi connectivity index (χ3v) is 2.97. The molecule has 1 aliphatic rings. The van der Waals surface area contributed by atoms with Gasteiger partial charge in [0, 0.05) is 0 Å². The van der Waals surface area contributed by atoms with E-state index in [0.717, 1.165) is 0 Å². The number of rotatable bonds is 1. The van der Waals surface area contributed by atoms with E-state index in [1.165, 1.54) is 4.90 Å². The van der Waals surface area contributed by atoms with Gasteiger partial charge in [0.15, 0.2) is 10.4 Å². The van der Waals surface area contributed by atoms with Crippen molar-refractivity contribution in [2.45, 2.75) is 26.4 Å². The molecule has 0 aliphatic carbocycles. The fraction of sp³-hybridized carbons (Fsp3) is 0.462. The number of furan rings is 1. The summed E-state index contributed by atoms with van der Waals surface area (Å²) in [5, 5.41) is 0. The van der Waals surface area contributed by atoms with Gasteiger partial charge < -0.3 is 13.9 Å². The van der Waals surface area contributed by atoms with Crippen LogP contribution in [0.1, 0.15) is 26.5 Å². The van der Waals surface area contributed by atoms with E-state index in [2.05, 4.69) is 15.9 Å². The predicted octanol–water partition coefficient (Wildman–Crippen LogP) is 3.57. The van der Waals surface area contributed by atoms with Crippen molar-refractivity contribution in [3.8, 4) is 0 Å². The van der Waals surface area contributed by atoms with E-state index >= 15 is 0 Å². The van der Waals surface area contributed by atoms with Crippen LogP contribution in [-0.4, -0.2) is 29.7 Å². The maximum absolute atomic E-state index is 12.2. The third kappa shape index (κ3) is 3.32. The van der Waals surface area contributed by atoms with Gasteiger partial charge in [-0.2, -0.15) is 0 Å². The minimum atomic E-state index is -0.545. The Hall–Kier alpha value is -1.43. The quantitative estimate of drug-likeness (QED) is 0.790. The second-order valence-corrected chi connectivity index (χ2v) is 5.80. The highest BCUT2D eigenvalue weighted by atomic mass is 79.9. The van der Waals surface area contributed by atoms with Crippen LogP contribution in [0.3, 0.4) is 0 Å². The Morgan fingerprint density at radius 3 is 2.79 bits per heavy atom. The van der Waals surface area contributed by atoms with Crippen LogP contribution in [0.25, 0.3) is 5.70 Å². The van der Waals surface area contributed by atoms with Gasteiger partial charge in [-0.3, -0.25) is 4.90 Å². The van der Waals surface area contributed by atoms with Crippen LogP contribution in [-0.2, 0) is 9.47 Å². The summed E-state index contributed by atoms with van der Waals surface area (Å²) in [5.41, 5.74) is 0.00126. The largest absolute Gasteiger partial charge is 0.483 e. The number of halogens is 1. The van der Waals surface area contributed by atoms with Gasteiger partial charge in [0.05, 0.1) is 12.8 Å². The normalized spacial score (nSPS) is 16.3. The van der Waals surface area contributed by atoms with Crippen molar-refractivity contribution in [1.82, 2.24) is 4.90 Å². The van der Waals surface area contributed by atoms with E-state index in [0.29, 0.717) is 29.3 Å². The molecule has 1 aromatic heterocycles. The van der Waals surface area contributed by atoms with Crippen LogP contribution in [0.4, 0.5) is 4.79 Å². The van der Waals surface area contributed by atoms with Crippen LogP contribution in [0.15, 0.2) is 27.5 Å². The molecule has 1 amide bonds. The summed E-state index contributed by atoms with van der Waals surface area (Å²) in [7, 11) is 0. The molecule has 0 bridgehead atoms. The van der Waals surface area contributed by atoms with Gasteiger partial charge in [-0.15, -0.1) is 0 Å². The average Bonchev–Trinajstić information content (AvgIpc) is 2.79. The Bertz CT molecular complexity index is 487. The maximum Gasteiger partial charge on any atom is 0.415 e. The van der Waals surface area contributed by atoms with E-state index in [1.54, 1.807) is 18.4 Å². The predicted molar refractivity (Wildman–Crippen MR) is 73.4 cm³/mol. The zero-order chi connectivity index (χ0) is 14.0. The molecule has 2 rings (SSSR count). The number of carbonyl (C=O) groups is 1. The summed E-state index contributed by atoms with van der Waals surface area (Å²) >= 11 is 3.31. The molecular formula is C13H16BrNO4. The van der Waals surface area contributed by atoms with E-state index in [4.69, 9.17) is 13.9 Å². The Labute approximate surface area is 120 Å². The van der Waals surface area contributed by atoms with Gasteiger partial charge in [-0.05, 0) is 48.8 Å². The monoisotopic (exact) mass is 329 g/mol. The molecule has 0 unspecified atom stereocenters. The number of ether oxygens (including phenoxy) is 2. The van der Waals surface area contributed by atoms with E-state index in [9.17, 15) is 4.79 Å². The Balaban J connectivity index is 2.28. The molecular weight excluding hydrogens is 314 g/mol. The van der Waals surface area contributed by atoms with Crippen molar-refractivity contribution in [3.63, 3.8) is 0 Å². The smallest absolute Gasteiger partial charge is 0.415 e. The molecule has 1 aliphatic heterocycles. The van der Waals surface area contributed by atoms with Gasteiger partial charge >= 0.3 is 6.09 Å². The highest BCUT2D eigenvalue weighted by Crippen LogP contribution is 2.31. The van der Waals surface area contributed by atoms with Gasteiger partial charge in [-0.1, -0.05) is 0 Å². The molecule has 0 saturated heterocycles. The highest BCUT2D eigenvalue weighted by molar-refractivity contribution is 9.11. The van der Waals surface area contributed by atoms with Crippen LogP contribution >= 0.6 is 15.9 Å². The molecule has 0 radical (unpaired) electrons. The lowest BCUT2D eigenvalue weighted by molar-refractivity contribution is 0.0288. The topological polar surface area (TPSA) is 51.9 Å². The standard InChI is InChI=1S/C13H16BrNO4/c1-13(2,3)19-12(16)15-6-8-18-11(14)10(15)9-5-4-7-17-9/h4-5,7H,6,8H2,1-3H3. The molecule has 1 aromatic rings. The Kier molecular flexibility index (Phi) is 3.89. The summed E-state index contributed by atoms with van der Waals surface area (Å²) in [6.45, 7) is 6.31. The number of hydrogen-bond acceptors (Lipinski definition) is 4. The fourth-order valence-electron chi connectivity index (χ4n) is 1.66. The fourth-order valence-corrected chi connectivity index (χ4v) is 2.23. The SMILES string of the molecule is CC(C)(C)OC(=O)N1CCOC(Br)=C1c1ccco1. The van der Waals surface area contributed by atoms with Crippen molar-refractivity contribution in [2.24, 2.45) is 0 Å². The zero-order valence-corrected chi connectivity index (χ0v) is 12.7. The van der Waals surface area contributed by atoms with Crippen molar-refractivity contribution in [1.29, 1.82) is 0 Å². The molecule has 0 aromatic carbocycles. The summed E-state index contributed by atoms with van der Waals surface area (Å²) in [6, 6.07) is 3.52. The van der Waals surface area contributed by atoms with Gasteiger partial charge in [0.1, 0.15) is 17.9 Å². The second kappa shape index (κ2) is 5.28. The van der Waals surface area contributed by atoms with Crippen LogP contribution in [0, 0.1) is 0 Å². The van der Waals surface area contributed by atoms with Crippen molar-refractivity contribution < 1.29 is 18.7 Å². The molecule has 104 valence electrons. The highest BCUT2D eigenvalue weighted by Gasteiger charge is 2.31. The van der Waals surface area contributed by atoms with Crippen molar-refractivity contribution in [3.05, 3.63) is 28.8 Å². The van der Waals surface area contributed by atoms with Gasteiger partial charge in [0.25, 0.3) is 0 Å². The minimum Gasteiger partial charge on any atom is -0.483 e. The Morgan fingerprint density at radius 2 is 2.21 bits per heavy atom. The first-order valence-corrected chi connectivity index (χ1v) is 6.75. The third-order valence-electron chi connectivity index (χ3n) is 2.37. The molecule has 0 saturated carbocycles. The van der Waals surface area contributed by atoms with E-state index in [-0.39, 0.29) is 0 Å². The lowest BCUT2D eigenvalue weighted by Crippen LogP contribution is -2.39. The van der Waals surface area contributed by atoms with Crippen LogP contribution in [0.5, 0.6) is 0 Å². The number of hydrogen-bond donors (Lipinski definition) is 0. The zero-order valence-electron chi connectivity index (χ0n) is 11.1. The molecule has 19 heavy (non-hydrogen) atoms. The average molecular weight is 330 g/mol. The summed E-state index contributed by atoms with van der Waals surface area (Å²) < 4.78 is 16.6. The van der Waals surface area contributed by atoms with Crippen LogP contribution < -0.4 is 0 Å². The number of nitrogens with zero attached hydrogens (tertiary/aromatic N) is 1.